The van der Waals surface area contributed by atoms with Crippen molar-refractivity contribution in [1.82, 2.24) is 4.37 Å². The van der Waals surface area contributed by atoms with Crippen molar-refractivity contribution in [3.63, 3.8) is 0 Å². The van der Waals surface area contributed by atoms with Gasteiger partial charge in [-0.1, -0.05) is 6.92 Å². The predicted octanol–water partition coefficient (Wildman–Crippen LogP) is -0.0888. The summed E-state index contributed by atoms with van der Waals surface area (Å²) >= 11 is 1.11. The molecule has 2 aromatic rings. The summed E-state index contributed by atoms with van der Waals surface area (Å²) in [6.45, 7) is 1.91. The Morgan fingerprint density at radius 2 is 2.00 bits per heavy atom. The number of nitrogens with zero attached hydrogens (tertiary/aromatic N) is 4. The van der Waals surface area contributed by atoms with E-state index in [1.807, 2.05) is 6.92 Å². The van der Waals surface area contributed by atoms with E-state index in [0.717, 1.165) is 11.5 Å². The molecule has 11 heteroatoms. The number of benzene rings is 1. The fraction of sp³-hybridized carbons (Fsp3) is 0.231. The summed E-state index contributed by atoms with van der Waals surface area (Å²) in [7, 11) is -4.33. The summed E-state index contributed by atoms with van der Waals surface area (Å²) in [5.41, 5.74) is 2.13. The molecule has 0 fully saturated rings. The Kier molecular flexibility index (Phi) is 7.95. The second-order valence-electron chi connectivity index (χ2n) is 4.40. The van der Waals surface area contributed by atoms with E-state index in [-0.39, 0.29) is 29.6 Å². The van der Waals surface area contributed by atoms with Crippen LogP contribution in [0.1, 0.15) is 18.2 Å². The largest absolute Gasteiger partial charge is 1.00 e. The molecular weight excluding hydrogens is 361 g/mol. The molecule has 24 heavy (non-hydrogen) atoms. The number of nitrogens with one attached hydrogen (secondary N) is 1. The number of azo groups is 1. The maximum absolute atomic E-state index is 10.5. The Hall–Kier alpha value is -1.35. The van der Waals surface area contributed by atoms with Crippen LogP contribution < -0.4 is 34.9 Å². The van der Waals surface area contributed by atoms with E-state index >= 15 is 0 Å². The number of aryl methyl sites for hydroxylation is 1. The van der Waals surface area contributed by atoms with Crippen molar-refractivity contribution in [2.45, 2.75) is 13.3 Å². The summed E-state index contributed by atoms with van der Waals surface area (Å²) in [5, 5.41) is 20.1. The van der Waals surface area contributed by atoms with Crippen LogP contribution in [-0.2, 0) is 16.5 Å². The molecule has 0 saturated heterocycles. The third-order valence-electron chi connectivity index (χ3n) is 2.77. The van der Waals surface area contributed by atoms with Gasteiger partial charge in [-0.3, -0.25) is 0 Å². The fourth-order valence-corrected chi connectivity index (χ4v) is 2.75. The van der Waals surface area contributed by atoms with E-state index in [9.17, 15) is 13.0 Å². The second-order valence-corrected chi connectivity index (χ2v) is 6.56. The number of hydrogen-bond donors (Lipinski definition) is 1. The van der Waals surface area contributed by atoms with E-state index in [1.165, 1.54) is 0 Å². The van der Waals surface area contributed by atoms with Gasteiger partial charge in [0.1, 0.15) is 27.6 Å². The molecule has 0 aliphatic rings. The average molecular weight is 373 g/mol. The van der Waals surface area contributed by atoms with Gasteiger partial charge in [0.2, 0.25) is 0 Å². The molecule has 2 rings (SSSR count). The number of rotatable bonds is 6. The van der Waals surface area contributed by atoms with Crippen LogP contribution in [0, 0.1) is 11.3 Å². The van der Waals surface area contributed by atoms with Crippen molar-refractivity contribution in [1.29, 1.82) is 5.26 Å². The van der Waals surface area contributed by atoms with Crippen LogP contribution in [0.2, 0.25) is 0 Å². The molecule has 0 amide bonds. The summed E-state index contributed by atoms with van der Waals surface area (Å²) in [4.78, 5) is 0. The molecule has 1 N–H and O–H groups in total. The van der Waals surface area contributed by atoms with Crippen molar-refractivity contribution in [3.8, 4) is 6.07 Å². The van der Waals surface area contributed by atoms with Crippen LogP contribution in [0.15, 0.2) is 34.5 Å². The first-order valence-electron chi connectivity index (χ1n) is 6.51. The van der Waals surface area contributed by atoms with Crippen LogP contribution in [0.5, 0.6) is 0 Å². The van der Waals surface area contributed by atoms with Gasteiger partial charge in [0.05, 0.1) is 11.4 Å². The Morgan fingerprint density at radius 1 is 1.33 bits per heavy atom. The Morgan fingerprint density at radius 3 is 2.54 bits per heavy atom. The molecule has 1 aromatic carbocycles. The Bertz CT molecular complexity index is 857. The number of hydrogen-bond acceptors (Lipinski definition) is 9. The maximum atomic E-state index is 10.5. The Labute approximate surface area is 165 Å². The quantitative estimate of drug-likeness (QED) is 0.428. The molecule has 0 spiro atoms. The van der Waals surface area contributed by atoms with Gasteiger partial charge in [-0.05, 0) is 42.2 Å². The van der Waals surface area contributed by atoms with Crippen molar-refractivity contribution in [2.24, 2.45) is 10.2 Å². The van der Waals surface area contributed by atoms with Crippen molar-refractivity contribution < 1.29 is 42.5 Å². The topological polar surface area (TPSA) is 131 Å². The normalized spacial score (nSPS) is 11.0. The van der Waals surface area contributed by atoms with Crippen molar-refractivity contribution in [2.75, 3.05) is 11.2 Å². The first-order chi connectivity index (χ1) is 10.9. The van der Waals surface area contributed by atoms with E-state index in [2.05, 4.69) is 26.0 Å². The van der Waals surface area contributed by atoms with Gasteiger partial charge in [-0.15, -0.1) is 10.2 Å². The van der Waals surface area contributed by atoms with Crippen molar-refractivity contribution in [3.05, 3.63) is 35.5 Å². The predicted molar refractivity (Wildman–Crippen MR) is 85.0 cm³/mol. The standard InChI is InChI=1S/C13H13N5O3S2.Na/c1-2-12-11(7-14)13(22-18-12)17-16-10-5-3-9(4-6-10)15-8-23(19,20)21;/h3-6,15H,2,8H2,1H3,(H,19,20,21);/q;+1/p-1. The summed E-state index contributed by atoms with van der Waals surface area (Å²) in [5.74, 6) is -0.681. The molecule has 120 valence electrons. The molecule has 1 aromatic heterocycles. The van der Waals surface area contributed by atoms with Gasteiger partial charge in [0.25, 0.3) is 0 Å². The first-order valence-corrected chi connectivity index (χ1v) is 8.86. The number of aromatic nitrogens is 1. The van der Waals surface area contributed by atoms with E-state index in [0.29, 0.717) is 34.1 Å². The molecular formula is C13H12N5NaO3S2. The van der Waals surface area contributed by atoms with Crippen LogP contribution in [0.3, 0.4) is 0 Å². The zero-order chi connectivity index (χ0) is 16.9. The van der Waals surface area contributed by atoms with Gasteiger partial charge in [-0.25, -0.2) is 8.42 Å². The molecule has 0 aliphatic carbocycles. The minimum absolute atomic E-state index is 0. The third-order valence-corrected chi connectivity index (χ3v) is 4.04. The molecule has 0 bridgehead atoms. The minimum Gasteiger partial charge on any atom is -0.747 e. The zero-order valence-electron chi connectivity index (χ0n) is 13.1. The Balaban J connectivity index is 0.00000288. The van der Waals surface area contributed by atoms with Gasteiger partial charge >= 0.3 is 29.6 Å². The van der Waals surface area contributed by atoms with Crippen LogP contribution >= 0.6 is 11.5 Å². The summed E-state index contributed by atoms with van der Waals surface area (Å²) in [6.07, 6.45) is 0.651. The van der Waals surface area contributed by atoms with Crippen molar-refractivity contribution >= 4 is 38.0 Å². The van der Waals surface area contributed by atoms with Crippen LogP contribution in [0.25, 0.3) is 0 Å². The third kappa shape index (κ3) is 5.94. The summed E-state index contributed by atoms with van der Waals surface area (Å²) < 4.78 is 35.8. The van der Waals surface area contributed by atoms with E-state index in [4.69, 9.17) is 5.26 Å². The molecule has 0 aliphatic heterocycles. The van der Waals surface area contributed by atoms with Crippen LogP contribution in [-0.4, -0.2) is 23.2 Å². The fourth-order valence-electron chi connectivity index (χ4n) is 1.66. The maximum Gasteiger partial charge on any atom is 1.00 e. The van der Waals surface area contributed by atoms with Gasteiger partial charge in [0.15, 0.2) is 5.00 Å². The zero-order valence-corrected chi connectivity index (χ0v) is 16.7. The molecule has 0 radical (unpaired) electrons. The smallest absolute Gasteiger partial charge is 0.747 e. The minimum atomic E-state index is -4.33. The summed E-state index contributed by atoms with van der Waals surface area (Å²) in [6, 6.07) is 8.44. The average Bonchev–Trinajstić information content (AvgIpc) is 2.93. The van der Waals surface area contributed by atoms with Gasteiger partial charge in [-0.2, -0.15) is 9.64 Å². The molecule has 0 saturated carbocycles. The van der Waals surface area contributed by atoms with Gasteiger partial charge < -0.3 is 9.87 Å². The van der Waals surface area contributed by atoms with E-state index < -0.39 is 16.0 Å². The number of nitriles is 1. The molecule has 1 heterocycles. The number of anilines is 1. The van der Waals surface area contributed by atoms with E-state index in [1.54, 1.807) is 24.3 Å². The van der Waals surface area contributed by atoms with Crippen LogP contribution in [0.4, 0.5) is 16.4 Å². The monoisotopic (exact) mass is 373 g/mol. The SMILES string of the molecule is CCc1nsc(N=Nc2ccc(NCS(=O)(=O)[O-])cc2)c1C#N.[Na+]. The molecule has 8 nitrogen and oxygen atoms in total. The first kappa shape index (κ1) is 20.7. The molecule has 0 atom stereocenters. The second kappa shape index (κ2) is 9.22. The molecule has 0 unspecified atom stereocenters. The van der Waals surface area contributed by atoms with Gasteiger partial charge in [0, 0.05) is 5.69 Å².